The summed E-state index contributed by atoms with van der Waals surface area (Å²) in [5.74, 6) is 0.714. The van der Waals surface area contributed by atoms with Crippen LogP contribution in [0.4, 0.5) is 0 Å². The van der Waals surface area contributed by atoms with E-state index >= 15 is 0 Å². The maximum absolute atomic E-state index is 6.03. The minimum atomic E-state index is 0.591. The SMILES string of the molecule is CC(C)CC(CNCc1cccc(Cl)c1)N1CCOCC1. The van der Waals surface area contributed by atoms with E-state index < -0.39 is 0 Å². The molecule has 1 fully saturated rings. The molecule has 1 aliphatic heterocycles. The molecule has 1 aromatic carbocycles. The Hall–Kier alpha value is -0.610. The van der Waals surface area contributed by atoms with Crippen molar-refractivity contribution in [1.82, 2.24) is 10.2 Å². The molecule has 0 bridgehead atoms. The molecule has 2 rings (SSSR count). The molecular weight excluding hydrogens is 284 g/mol. The molecule has 1 atom stereocenters. The molecule has 0 saturated carbocycles. The maximum atomic E-state index is 6.03. The molecule has 1 N–H and O–H groups in total. The van der Waals surface area contributed by atoms with Crippen molar-refractivity contribution in [3.05, 3.63) is 34.9 Å². The van der Waals surface area contributed by atoms with Gasteiger partial charge in [0, 0.05) is 37.2 Å². The van der Waals surface area contributed by atoms with E-state index in [1.807, 2.05) is 18.2 Å². The second-order valence-electron chi connectivity index (χ2n) is 6.19. The highest BCUT2D eigenvalue weighted by atomic mass is 35.5. The Labute approximate surface area is 133 Å². The highest BCUT2D eigenvalue weighted by molar-refractivity contribution is 6.30. The van der Waals surface area contributed by atoms with Gasteiger partial charge in [0.15, 0.2) is 0 Å². The zero-order valence-corrected chi connectivity index (χ0v) is 13.9. The fourth-order valence-corrected chi connectivity index (χ4v) is 3.09. The first-order valence-corrected chi connectivity index (χ1v) is 8.30. The molecule has 1 saturated heterocycles. The van der Waals surface area contributed by atoms with Crippen LogP contribution in [0.1, 0.15) is 25.8 Å². The largest absolute Gasteiger partial charge is 0.379 e. The van der Waals surface area contributed by atoms with Gasteiger partial charge in [-0.15, -0.1) is 0 Å². The normalized spacial score (nSPS) is 18.1. The lowest BCUT2D eigenvalue weighted by molar-refractivity contribution is 0.0123. The molecule has 0 radical (unpaired) electrons. The van der Waals surface area contributed by atoms with E-state index in [2.05, 4.69) is 30.1 Å². The van der Waals surface area contributed by atoms with Crippen LogP contribution in [0.2, 0.25) is 5.02 Å². The maximum Gasteiger partial charge on any atom is 0.0594 e. The molecule has 1 aromatic rings. The van der Waals surface area contributed by atoms with Crippen LogP contribution in [-0.4, -0.2) is 43.8 Å². The Morgan fingerprint density at radius 2 is 2.05 bits per heavy atom. The highest BCUT2D eigenvalue weighted by Crippen LogP contribution is 2.14. The topological polar surface area (TPSA) is 24.5 Å². The van der Waals surface area contributed by atoms with Gasteiger partial charge in [0.2, 0.25) is 0 Å². The van der Waals surface area contributed by atoms with E-state index in [0.29, 0.717) is 12.0 Å². The van der Waals surface area contributed by atoms with Crippen molar-refractivity contribution in [1.29, 1.82) is 0 Å². The third-order valence-electron chi connectivity index (χ3n) is 3.90. The summed E-state index contributed by atoms with van der Waals surface area (Å²) in [4.78, 5) is 2.56. The van der Waals surface area contributed by atoms with Gasteiger partial charge >= 0.3 is 0 Å². The Kier molecular flexibility index (Phi) is 6.97. The molecule has 1 aliphatic rings. The van der Waals surface area contributed by atoms with Crippen molar-refractivity contribution in [2.24, 2.45) is 5.92 Å². The molecule has 21 heavy (non-hydrogen) atoms. The van der Waals surface area contributed by atoms with E-state index in [-0.39, 0.29) is 0 Å². The zero-order valence-electron chi connectivity index (χ0n) is 13.1. The van der Waals surface area contributed by atoms with Crippen molar-refractivity contribution in [2.75, 3.05) is 32.8 Å². The van der Waals surface area contributed by atoms with E-state index in [1.165, 1.54) is 12.0 Å². The first kappa shape index (κ1) is 16.8. The van der Waals surface area contributed by atoms with Crippen molar-refractivity contribution in [3.8, 4) is 0 Å². The van der Waals surface area contributed by atoms with Gasteiger partial charge in [-0.3, -0.25) is 4.90 Å². The van der Waals surface area contributed by atoms with Gasteiger partial charge in [-0.2, -0.15) is 0 Å². The Balaban J connectivity index is 1.83. The lowest BCUT2D eigenvalue weighted by atomic mass is 10.0. The standard InChI is InChI=1S/C17H27ClN2O/c1-14(2)10-17(20-6-8-21-9-7-20)13-19-12-15-4-3-5-16(18)11-15/h3-5,11,14,17,19H,6-10,12-13H2,1-2H3. The van der Waals surface area contributed by atoms with Crippen LogP contribution in [0, 0.1) is 5.92 Å². The fourth-order valence-electron chi connectivity index (χ4n) is 2.88. The van der Waals surface area contributed by atoms with Crippen LogP contribution in [0.3, 0.4) is 0 Å². The lowest BCUT2D eigenvalue weighted by Crippen LogP contribution is -2.48. The van der Waals surface area contributed by atoms with Crippen molar-refractivity contribution in [3.63, 3.8) is 0 Å². The van der Waals surface area contributed by atoms with Crippen LogP contribution in [0.15, 0.2) is 24.3 Å². The molecule has 0 aliphatic carbocycles. The smallest absolute Gasteiger partial charge is 0.0594 e. The van der Waals surface area contributed by atoms with E-state index in [1.54, 1.807) is 0 Å². The number of ether oxygens (including phenoxy) is 1. The summed E-state index contributed by atoms with van der Waals surface area (Å²) in [5, 5.41) is 4.40. The number of hydrogen-bond donors (Lipinski definition) is 1. The van der Waals surface area contributed by atoms with E-state index in [9.17, 15) is 0 Å². The van der Waals surface area contributed by atoms with Crippen LogP contribution in [0.5, 0.6) is 0 Å². The molecule has 0 aromatic heterocycles. The van der Waals surface area contributed by atoms with Gasteiger partial charge in [-0.25, -0.2) is 0 Å². The number of nitrogens with one attached hydrogen (secondary N) is 1. The lowest BCUT2D eigenvalue weighted by Gasteiger charge is -2.35. The van der Waals surface area contributed by atoms with Crippen LogP contribution < -0.4 is 5.32 Å². The molecular formula is C17H27ClN2O. The molecule has 0 spiro atoms. The van der Waals surface area contributed by atoms with Gasteiger partial charge in [0.05, 0.1) is 13.2 Å². The van der Waals surface area contributed by atoms with Gasteiger partial charge < -0.3 is 10.1 Å². The number of halogens is 1. The molecule has 118 valence electrons. The van der Waals surface area contributed by atoms with Crippen molar-refractivity contribution in [2.45, 2.75) is 32.9 Å². The number of nitrogens with zero attached hydrogens (tertiary/aromatic N) is 1. The number of hydrogen-bond acceptors (Lipinski definition) is 3. The van der Waals surface area contributed by atoms with E-state index in [0.717, 1.165) is 44.4 Å². The van der Waals surface area contributed by atoms with E-state index in [4.69, 9.17) is 16.3 Å². The summed E-state index contributed by atoms with van der Waals surface area (Å²) < 4.78 is 5.47. The highest BCUT2D eigenvalue weighted by Gasteiger charge is 2.21. The minimum Gasteiger partial charge on any atom is -0.379 e. The average Bonchev–Trinajstić information content (AvgIpc) is 2.47. The first-order valence-electron chi connectivity index (χ1n) is 7.92. The first-order chi connectivity index (χ1) is 10.1. The molecule has 3 nitrogen and oxygen atoms in total. The van der Waals surface area contributed by atoms with Crippen LogP contribution in [0.25, 0.3) is 0 Å². The predicted octanol–water partition coefficient (Wildman–Crippen LogP) is 3.18. The van der Waals surface area contributed by atoms with Gasteiger partial charge in [-0.05, 0) is 30.0 Å². The number of morpholine rings is 1. The summed E-state index contributed by atoms with van der Waals surface area (Å²) in [7, 11) is 0. The average molecular weight is 311 g/mol. The summed E-state index contributed by atoms with van der Waals surface area (Å²) in [6.07, 6.45) is 1.22. The second kappa shape index (κ2) is 8.74. The third-order valence-corrected chi connectivity index (χ3v) is 4.14. The molecule has 1 unspecified atom stereocenters. The van der Waals surface area contributed by atoms with Crippen LogP contribution >= 0.6 is 11.6 Å². The van der Waals surface area contributed by atoms with Gasteiger partial charge in [0.1, 0.15) is 0 Å². The third kappa shape index (κ3) is 5.95. The summed E-state index contributed by atoms with van der Waals surface area (Å²) in [6.45, 7) is 10.3. The summed E-state index contributed by atoms with van der Waals surface area (Å²) in [5.41, 5.74) is 1.24. The minimum absolute atomic E-state index is 0.591. The fraction of sp³-hybridized carbons (Fsp3) is 0.647. The molecule has 1 heterocycles. The number of rotatable bonds is 7. The Morgan fingerprint density at radius 3 is 2.71 bits per heavy atom. The Bertz CT molecular complexity index is 419. The van der Waals surface area contributed by atoms with Gasteiger partial charge in [-0.1, -0.05) is 37.6 Å². The Morgan fingerprint density at radius 1 is 1.29 bits per heavy atom. The summed E-state index contributed by atoms with van der Waals surface area (Å²) >= 11 is 6.03. The molecule has 4 heteroatoms. The zero-order chi connectivity index (χ0) is 15.1. The van der Waals surface area contributed by atoms with Crippen LogP contribution in [-0.2, 0) is 11.3 Å². The second-order valence-corrected chi connectivity index (χ2v) is 6.63. The quantitative estimate of drug-likeness (QED) is 0.837. The monoisotopic (exact) mass is 310 g/mol. The van der Waals surface area contributed by atoms with Crippen molar-refractivity contribution < 1.29 is 4.74 Å². The van der Waals surface area contributed by atoms with Gasteiger partial charge in [0.25, 0.3) is 0 Å². The predicted molar refractivity (Wildman–Crippen MR) is 88.8 cm³/mol. The summed E-state index contributed by atoms with van der Waals surface area (Å²) in [6, 6.07) is 8.66. The molecule has 0 amide bonds. The number of benzene rings is 1. The van der Waals surface area contributed by atoms with Crippen molar-refractivity contribution >= 4 is 11.6 Å².